The molecule has 1 aromatic carbocycles. The second-order valence-electron chi connectivity index (χ2n) is 9.01. The molecule has 0 radical (unpaired) electrons. The number of benzene rings is 1. The number of oxime groups is 1. The predicted molar refractivity (Wildman–Crippen MR) is 136 cm³/mol. The largest absolute Gasteiger partial charge is 0.464 e. The van der Waals surface area contributed by atoms with E-state index in [1.165, 1.54) is 6.92 Å². The van der Waals surface area contributed by atoms with E-state index in [1.54, 1.807) is 34.1 Å². The summed E-state index contributed by atoms with van der Waals surface area (Å²) in [5.74, 6) is -0.773. The Labute approximate surface area is 215 Å². The Morgan fingerprint density at radius 3 is 2.46 bits per heavy atom. The highest BCUT2D eigenvalue weighted by atomic mass is 16.7. The molecule has 0 aliphatic carbocycles. The summed E-state index contributed by atoms with van der Waals surface area (Å²) in [7, 11) is 1.99. The van der Waals surface area contributed by atoms with Gasteiger partial charge in [-0.15, -0.1) is 0 Å². The number of nitrogens with zero attached hydrogens (tertiary/aromatic N) is 4. The van der Waals surface area contributed by atoms with Gasteiger partial charge >= 0.3 is 18.1 Å². The molecule has 4 N–H and O–H groups in total. The number of carbonyl (C=O) groups is 4. The van der Waals surface area contributed by atoms with Crippen molar-refractivity contribution in [2.75, 3.05) is 51.3 Å². The zero-order chi connectivity index (χ0) is 26.9. The highest BCUT2D eigenvalue weighted by Gasteiger charge is 2.34. The Bertz CT molecular complexity index is 1010. The number of nitrogens with two attached hydrogens (primary N) is 1. The number of hydrogen-bond donors (Lipinski definition) is 3. The average molecular weight is 518 g/mol. The number of hydrogen-bond acceptors (Lipinski definition) is 8. The van der Waals surface area contributed by atoms with E-state index in [0.717, 1.165) is 13.1 Å². The third kappa shape index (κ3) is 7.56. The number of amidine groups is 1. The highest BCUT2D eigenvalue weighted by molar-refractivity contribution is 6.02. The molecule has 2 heterocycles. The molecule has 2 atom stereocenters. The SMILES string of the molecule is CCCOC(=O)[C@H](C)NC(=O)N[C@H]1CCN(c2ccc(C(N)=NOC(=O)N3CCN(C)CC3)cc2)C1=O. The van der Waals surface area contributed by atoms with Gasteiger partial charge in [0, 0.05) is 44.0 Å². The van der Waals surface area contributed by atoms with E-state index in [1.807, 2.05) is 14.0 Å². The van der Waals surface area contributed by atoms with Crippen molar-refractivity contribution in [3.8, 4) is 0 Å². The van der Waals surface area contributed by atoms with Crippen LogP contribution >= 0.6 is 0 Å². The summed E-state index contributed by atoms with van der Waals surface area (Å²) in [6.45, 7) is 6.72. The van der Waals surface area contributed by atoms with Crippen LogP contribution in [0.2, 0.25) is 0 Å². The van der Waals surface area contributed by atoms with Gasteiger partial charge in [-0.05, 0) is 51.1 Å². The number of esters is 1. The van der Waals surface area contributed by atoms with Crippen molar-refractivity contribution in [3.63, 3.8) is 0 Å². The number of nitrogens with one attached hydrogen (secondary N) is 2. The lowest BCUT2D eigenvalue weighted by molar-refractivity contribution is -0.145. The van der Waals surface area contributed by atoms with E-state index in [-0.39, 0.29) is 18.3 Å². The Morgan fingerprint density at radius 2 is 1.81 bits per heavy atom. The van der Waals surface area contributed by atoms with Crippen LogP contribution in [0.3, 0.4) is 0 Å². The van der Waals surface area contributed by atoms with E-state index in [0.29, 0.717) is 43.7 Å². The molecule has 202 valence electrons. The van der Waals surface area contributed by atoms with E-state index < -0.39 is 30.2 Å². The van der Waals surface area contributed by atoms with Gasteiger partial charge in [0.05, 0.1) is 6.61 Å². The number of likely N-dealkylation sites (N-methyl/N-ethyl adjacent to an activating group) is 1. The summed E-state index contributed by atoms with van der Waals surface area (Å²) in [5, 5.41) is 8.85. The van der Waals surface area contributed by atoms with Gasteiger partial charge < -0.3 is 35.8 Å². The molecule has 2 aliphatic rings. The van der Waals surface area contributed by atoms with Crippen LogP contribution in [-0.2, 0) is 19.2 Å². The molecule has 2 saturated heterocycles. The third-order valence-corrected chi connectivity index (χ3v) is 6.12. The zero-order valence-electron chi connectivity index (χ0n) is 21.4. The van der Waals surface area contributed by atoms with Gasteiger partial charge in [-0.3, -0.25) is 9.63 Å². The van der Waals surface area contributed by atoms with Gasteiger partial charge in [0.25, 0.3) is 0 Å². The van der Waals surface area contributed by atoms with Crippen LogP contribution in [0.15, 0.2) is 29.4 Å². The molecular formula is C24H35N7O6. The molecule has 0 aromatic heterocycles. The molecule has 2 aliphatic heterocycles. The standard InChI is InChI=1S/C24H35N7O6/c1-4-15-36-22(33)16(2)26-23(34)27-19-9-10-31(21(19)32)18-7-5-17(6-8-18)20(25)28-37-24(35)30-13-11-29(3)12-14-30/h5-8,16,19H,4,9-15H2,1-3H3,(H2,25,28)(H2,26,27,34)/t16-,19-/m0/s1. The fraction of sp³-hybridized carbons (Fsp3) is 0.542. The van der Waals surface area contributed by atoms with Crippen LogP contribution < -0.4 is 21.3 Å². The Kier molecular flexibility index (Phi) is 9.66. The summed E-state index contributed by atoms with van der Waals surface area (Å²) >= 11 is 0. The quantitative estimate of drug-likeness (QED) is 0.147. The summed E-state index contributed by atoms with van der Waals surface area (Å²) in [6, 6.07) is 4.56. The van der Waals surface area contributed by atoms with Gasteiger partial charge in [0.2, 0.25) is 5.91 Å². The first-order valence-electron chi connectivity index (χ1n) is 12.3. The molecule has 13 heteroatoms. The minimum absolute atomic E-state index is 0.0320. The molecular weight excluding hydrogens is 482 g/mol. The molecule has 4 amide bonds. The first-order chi connectivity index (χ1) is 17.7. The smallest absolute Gasteiger partial charge is 0.436 e. The summed E-state index contributed by atoms with van der Waals surface area (Å²) in [5.41, 5.74) is 7.12. The predicted octanol–water partition coefficient (Wildman–Crippen LogP) is 0.437. The van der Waals surface area contributed by atoms with Gasteiger partial charge in [0.1, 0.15) is 12.1 Å². The van der Waals surface area contributed by atoms with Crippen LogP contribution in [0.4, 0.5) is 15.3 Å². The van der Waals surface area contributed by atoms with Gasteiger partial charge in [-0.25, -0.2) is 14.4 Å². The monoisotopic (exact) mass is 517 g/mol. The number of ether oxygens (including phenoxy) is 1. The molecule has 0 saturated carbocycles. The molecule has 0 unspecified atom stereocenters. The van der Waals surface area contributed by atoms with Crippen molar-refractivity contribution < 1.29 is 28.8 Å². The number of carbonyl (C=O) groups excluding carboxylic acids is 4. The highest BCUT2D eigenvalue weighted by Crippen LogP contribution is 2.22. The number of rotatable bonds is 8. The molecule has 13 nitrogen and oxygen atoms in total. The van der Waals surface area contributed by atoms with Crippen LogP contribution in [0.25, 0.3) is 0 Å². The molecule has 37 heavy (non-hydrogen) atoms. The Morgan fingerprint density at radius 1 is 1.14 bits per heavy atom. The Hall–Kier alpha value is -3.87. The topological polar surface area (TPSA) is 159 Å². The van der Waals surface area contributed by atoms with Crippen molar-refractivity contribution >= 4 is 35.5 Å². The second kappa shape index (κ2) is 12.9. The maximum absolute atomic E-state index is 12.8. The molecule has 1 aromatic rings. The third-order valence-electron chi connectivity index (χ3n) is 6.12. The summed E-state index contributed by atoms with van der Waals surface area (Å²) in [6.07, 6.45) is 0.543. The summed E-state index contributed by atoms with van der Waals surface area (Å²) < 4.78 is 5.00. The number of anilines is 1. The maximum Gasteiger partial charge on any atom is 0.436 e. The molecule has 3 rings (SSSR count). The van der Waals surface area contributed by atoms with E-state index in [2.05, 4.69) is 20.7 Å². The van der Waals surface area contributed by atoms with Crippen molar-refractivity contribution in [1.82, 2.24) is 20.4 Å². The van der Waals surface area contributed by atoms with Crippen molar-refractivity contribution in [3.05, 3.63) is 29.8 Å². The number of urea groups is 1. The van der Waals surface area contributed by atoms with Gasteiger partial charge in [0.15, 0.2) is 5.84 Å². The lowest BCUT2D eigenvalue weighted by atomic mass is 10.2. The van der Waals surface area contributed by atoms with E-state index in [9.17, 15) is 19.2 Å². The van der Waals surface area contributed by atoms with E-state index >= 15 is 0 Å². The van der Waals surface area contributed by atoms with Crippen LogP contribution in [0.5, 0.6) is 0 Å². The van der Waals surface area contributed by atoms with Crippen LogP contribution in [0.1, 0.15) is 32.3 Å². The van der Waals surface area contributed by atoms with Crippen LogP contribution in [-0.4, -0.2) is 98.1 Å². The number of amides is 4. The number of piperazine rings is 1. The second-order valence-corrected chi connectivity index (χ2v) is 9.01. The maximum atomic E-state index is 12.8. The normalized spacial score (nSPS) is 19.4. The van der Waals surface area contributed by atoms with E-state index in [4.69, 9.17) is 15.3 Å². The molecule has 0 spiro atoms. The van der Waals surface area contributed by atoms with Crippen LogP contribution in [0, 0.1) is 0 Å². The first-order valence-corrected chi connectivity index (χ1v) is 12.3. The van der Waals surface area contributed by atoms with Gasteiger partial charge in [-0.2, -0.15) is 0 Å². The molecule has 0 bridgehead atoms. The van der Waals surface area contributed by atoms with Crippen molar-refractivity contribution in [2.24, 2.45) is 10.9 Å². The minimum atomic E-state index is -0.834. The summed E-state index contributed by atoms with van der Waals surface area (Å²) in [4.78, 5) is 59.3. The zero-order valence-corrected chi connectivity index (χ0v) is 21.4. The van der Waals surface area contributed by atoms with Gasteiger partial charge in [-0.1, -0.05) is 12.1 Å². The minimum Gasteiger partial charge on any atom is -0.464 e. The first kappa shape index (κ1) is 27.7. The fourth-order valence-electron chi connectivity index (χ4n) is 3.85. The average Bonchev–Trinajstić information content (AvgIpc) is 3.25. The molecule has 2 fully saturated rings. The lowest BCUT2D eigenvalue weighted by Gasteiger charge is -2.30. The van der Waals surface area contributed by atoms with Crippen molar-refractivity contribution in [1.29, 1.82) is 0 Å². The fourth-order valence-corrected chi connectivity index (χ4v) is 3.85. The lowest BCUT2D eigenvalue weighted by Crippen LogP contribution is -2.50. The van der Waals surface area contributed by atoms with Crippen molar-refractivity contribution in [2.45, 2.75) is 38.8 Å². The Balaban J connectivity index is 1.50.